The summed E-state index contributed by atoms with van der Waals surface area (Å²) in [6, 6.07) is 11.2. The number of ether oxygens (including phenoxy) is 1. The number of amides is 2. The van der Waals surface area contributed by atoms with Crippen LogP contribution in [0.25, 0.3) is 0 Å². The molecule has 2 aromatic rings. The van der Waals surface area contributed by atoms with Crippen LogP contribution in [0.5, 0.6) is 5.75 Å². The van der Waals surface area contributed by atoms with Crippen molar-refractivity contribution in [3.05, 3.63) is 48.0 Å². The number of sulfonamides is 1. The highest BCUT2D eigenvalue weighted by Crippen LogP contribution is 2.28. The minimum Gasteiger partial charge on any atom is -0.495 e. The monoisotopic (exact) mass is 405 g/mol. The molecule has 0 aromatic heterocycles. The summed E-state index contributed by atoms with van der Waals surface area (Å²) in [5, 5.41) is 5.28. The third-order valence-electron chi connectivity index (χ3n) is 3.77. The maximum absolute atomic E-state index is 12.2. The van der Waals surface area contributed by atoms with Gasteiger partial charge in [-0.25, -0.2) is 13.1 Å². The van der Waals surface area contributed by atoms with Gasteiger partial charge in [0.05, 0.1) is 17.7 Å². The molecule has 8 nitrogen and oxygen atoms in total. The van der Waals surface area contributed by atoms with Crippen LogP contribution in [-0.2, 0) is 19.6 Å². The van der Waals surface area contributed by atoms with Crippen LogP contribution in [0.15, 0.2) is 47.4 Å². The molecule has 2 rings (SSSR count). The summed E-state index contributed by atoms with van der Waals surface area (Å²) in [6.45, 7) is 3.18. The van der Waals surface area contributed by atoms with Crippen LogP contribution >= 0.6 is 0 Å². The standard InChI is InChI=1S/C19H23N3O5S/c1-13-4-7-16(8-5-13)28(25,26)20-11-10-19(24)22-17-12-15(21-14(2)23)6-9-18(17)27-3/h4-9,12,20H,10-11H2,1-3H3,(H,21,23)(H,22,24). The Morgan fingerprint density at radius 3 is 2.32 bits per heavy atom. The summed E-state index contributed by atoms with van der Waals surface area (Å²) in [6.07, 6.45) is -0.0708. The molecule has 0 aliphatic heterocycles. The van der Waals surface area contributed by atoms with Gasteiger partial charge in [-0.05, 0) is 37.3 Å². The predicted molar refractivity (Wildman–Crippen MR) is 107 cm³/mol. The van der Waals surface area contributed by atoms with Crippen LogP contribution in [0.4, 0.5) is 11.4 Å². The van der Waals surface area contributed by atoms with Gasteiger partial charge < -0.3 is 15.4 Å². The summed E-state index contributed by atoms with van der Waals surface area (Å²) in [5.41, 5.74) is 1.83. The highest BCUT2D eigenvalue weighted by molar-refractivity contribution is 7.89. The van der Waals surface area contributed by atoms with Crippen molar-refractivity contribution in [1.29, 1.82) is 0 Å². The molecule has 2 amide bonds. The van der Waals surface area contributed by atoms with Crippen molar-refractivity contribution in [3.8, 4) is 5.75 Å². The summed E-state index contributed by atoms with van der Waals surface area (Å²) in [7, 11) is -2.22. The minimum atomic E-state index is -3.68. The molecule has 0 spiro atoms. The summed E-state index contributed by atoms with van der Waals surface area (Å²) < 4.78 is 32.1. The molecule has 0 fully saturated rings. The van der Waals surface area contributed by atoms with Crippen LogP contribution in [0.3, 0.4) is 0 Å². The molecule has 9 heteroatoms. The lowest BCUT2D eigenvalue weighted by molar-refractivity contribution is -0.116. The number of hydrogen-bond donors (Lipinski definition) is 3. The molecule has 0 heterocycles. The first-order valence-electron chi connectivity index (χ1n) is 8.53. The Hall–Kier alpha value is -2.91. The molecule has 0 saturated carbocycles. The lowest BCUT2D eigenvalue weighted by Gasteiger charge is -2.13. The lowest BCUT2D eigenvalue weighted by atomic mass is 10.2. The van der Waals surface area contributed by atoms with E-state index < -0.39 is 15.9 Å². The number of rotatable bonds is 8. The smallest absolute Gasteiger partial charge is 0.240 e. The SMILES string of the molecule is COc1ccc(NC(C)=O)cc1NC(=O)CCNS(=O)(=O)c1ccc(C)cc1. The van der Waals surface area contributed by atoms with Crippen molar-refractivity contribution in [1.82, 2.24) is 4.72 Å². The Balaban J connectivity index is 1.96. The zero-order valence-corrected chi connectivity index (χ0v) is 16.7. The van der Waals surface area contributed by atoms with E-state index in [2.05, 4.69) is 15.4 Å². The van der Waals surface area contributed by atoms with E-state index in [-0.39, 0.29) is 23.8 Å². The fourth-order valence-corrected chi connectivity index (χ4v) is 3.43. The first-order chi connectivity index (χ1) is 13.2. The van der Waals surface area contributed by atoms with Crippen molar-refractivity contribution < 1.29 is 22.7 Å². The maximum Gasteiger partial charge on any atom is 0.240 e. The van der Waals surface area contributed by atoms with Crippen LogP contribution in [0.1, 0.15) is 18.9 Å². The maximum atomic E-state index is 12.2. The van der Waals surface area contributed by atoms with E-state index in [1.807, 2.05) is 6.92 Å². The van der Waals surface area contributed by atoms with E-state index in [1.54, 1.807) is 30.3 Å². The van der Waals surface area contributed by atoms with Gasteiger partial charge in [0.25, 0.3) is 0 Å². The van der Waals surface area contributed by atoms with E-state index >= 15 is 0 Å². The van der Waals surface area contributed by atoms with E-state index in [4.69, 9.17) is 4.74 Å². The summed E-state index contributed by atoms with van der Waals surface area (Å²) in [5.74, 6) is -0.222. The second-order valence-electron chi connectivity index (χ2n) is 6.11. The van der Waals surface area contributed by atoms with Crippen molar-refractivity contribution >= 4 is 33.2 Å². The average Bonchev–Trinajstić information content (AvgIpc) is 2.61. The molecular formula is C19H23N3O5S. The molecule has 2 aromatic carbocycles. The number of anilines is 2. The van der Waals surface area contributed by atoms with Crippen molar-refractivity contribution in [2.45, 2.75) is 25.2 Å². The minimum absolute atomic E-state index is 0.0598. The zero-order chi connectivity index (χ0) is 20.7. The Labute approximate surface area is 164 Å². The van der Waals surface area contributed by atoms with Gasteiger partial charge in [-0.1, -0.05) is 17.7 Å². The van der Waals surface area contributed by atoms with Gasteiger partial charge in [0.2, 0.25) is 21.8 Å². The van der Waals surface area contributed by atoms with Gasteiger partial charge >= 0.3 is 0 Å². The van der Waals surface area contributed by atoms with Crippen molar-refractivity contribution in [3.63, 3.8) is 0 Å². The number of carbonyl (C=O) groups excluding carboxylic acids is 2. The van der Waals surface area contributed by atoms with E-state index in [0.717, 1.165) is 5.56 Å². The molecule has 0 saturated heterocycles. The fraction of sp³-hybridized carbons (Fsp3) is 0.263. The van der Waals surface area contributed by atoms with E-state index in [1.165, 1.54) is 26.2 Å². The highest BCUT2D eigenvalue weighted by atomic mass is 32.2. The van der Waals surface area contributed by atoms with E-state index in [0.29, 0.717) is 17.1 Å². The number of methoxy groups -OCH3 is 1. The quantitative estimate of drug-likeness (QED) is 0.623. The number of hydrogen-bond acceptors (Lipinski definition) is 5. The fourth-order valence-electron chi connectivity index (χ4n) is 2.40. The molecule has 0 radical (unpaired) electrons. The first kappa shape index (κ1) is 21.4. The number of aryl methyl sites for hydroxylation is 1. The zero-order valence-electron chi connectivity index (χ0n) is 15.9. The van der Waals surface area contributed by atoms with Crippen LogP contribution < -0.4 is 20.1 Å². The molecule has 0 aliphatic carbocycles. The molecule has 3 N–H and O–H groups in total. The molecule has 0 aliphatic rings. The Morgan fingerprint density at radius 1 is 1.04 bits per heavy atom. The lowest BCUT2D eigenvalue weighted by Crippen LogP contribution is -2.28. The topological polar surface area (TPSA) is 114 Å². The third kappa shape index (κ3) is 6.07. The third-order valence-corrected chi connectivity index (χ3v) is 5.25. The van der Waals surface area contributed by atoms with Crippen molar-refractivity contribution in [2.24, 2.45) is 0 Å². The van der Waals surface area contributed by atoms with Crippen LogP contribution in [-0.4, -0.2) is 33.9 Å². The first-order valence-corrected chi connectivity index (χ1v) is 10.0. The number of nitrogens with one attached hydrogen (secondary N) is 3. The molecule has 0 unspecified atom stereocenters. The molecule has 0 bridgehead atoms. The Kier molecular flexibility index (Phi) is 7.13. The molecule has 0 atom stereocenters. The Morgan fingerprint density at radius 2 is 1.71 bits per heavy atom. The van der Waals surface area contributed by atoms with Crippen molar-refractivity contribution in [2.75, 3.05) is 24.3 Å². The number of benzene rings is 2. The predicted octanol–water partition coefficient (Wildman–Crippen LogP) is 2.27. The molecular weight excluding hydrogens is 382 g/mol. The second-order valence-corrected chi connectivity index (χ2v) is 7.87. The molecule has 28 heavy (non-hydrogen) atoms. The van der Waals surface area contributed by atoms with Gasteiger partial charge in [0, 0.05) is 25.6 Å². The highest BCUT2D eigenvalue weighted by Gasteiger charge is 2.15. The normalized spacial score (nSPS) is 11.0. The number of carbonyl (C=O) groups is 2. The van der Waals surface area contributed by atoms with Gasteiger partial charge in [-0.3, -0.25) is 9.59 Å². The summed E-state index contributed by atoms with van der Waals surface area (Å²) in [4.78, 5) is 23.5. The Bertz CT molecular complexity index is 956. The van der Waals surface area contributed by atoms with Crippen LogP contribution in [0, 0.1) is 6.92 Å². The largest absolute Gasteiger partial charge is 0.495 e. The summed E-state index contributed by atoms with van der Waals surface area (Å²) >= 11 is 0. The van der Waals surface area contributed by atoms with Gasteiger partial charge in [-0.15, -0.1) is 0 Å². The van der Waals surface area contributed by atoms with Crippen LogP contribution in [0.2, 0.25) is 0 Å². The van der Waals surface area contributed by atoms with Gasteiger partial charge in [0.15, 0.2) is 0 Å². The van der Waals surface area contributed by atoms with Gasteiger partial charge in [-0.2, -0.15) is 0 Å². The van der Waals surface area contributed by atoms with E-state index in [9.17, 15) is 18.0 Å². The second kappa shape index (κ2) is 9.34. The average molecular weight is 405 g/mol. The molecule has 150 valence electrons. The van der Waals surface area contributed by atoms with Gasteiger partial charge in [0.1, 0.15) is 5.75 Å².